The van der Waals surface area contributed by atoms with E-state index in [2.05, 4.69) is 22.4 Å². The normalized spacial score (nSPS) is 15.1. The van der Waals surface area contributed by atoms with Gasteiger partial charge >= 0.3 is 0 Å². The summed E-state index contributed by atoms with van der Waals surface area (Å²) in [5, 5.41) is 0. The molecule has 1 aliphatic rings. The second-order valence-electron chi connectivity index (χ2n) is 2.67. The van der Waals surface area contributed by atoms with Crippen molar-refractivity contribution in [2.24, 2.45) is 0 Å². The lowest BCUT2D eigenvalue weighted by atomic mass is 10.1. The van der Waals surface area contributed by atoms with E-state index in [1.807, 2.05) is 6.07 Å². The molecule has 2 heteroatoms. The maximum atomic E-state index is 12.9. The van der Waals surface area contributed by atoms with Gasteiger partial charge in [-0.3, -0.25) is 0 Å². The maximum Gasteiger partial charge on any atom is 0.137 e. The smallest absolute Gasteiger partial charge is 0.137 e. The standard InChI is InChI=1S/C9H7BrF/c10-9-7-3-1-2-6(7)4-5-8(9)11/h2,4-5H,1,3H2. The van der Waals surface area contributed by atoms with Gasteiger partial charge in [0.1, 0.15) is 5.82 Å². The lowest BCUT2D eigenvalue weighted by Crippen LogP contribution is -1.86. The molecule has 0 saturated heterocycles. The van der Waals surface area contributed by atoms with Crippen molar-refractivity contribution in [2.75, 3.05) is 0 Å². The quantitative estimate of drug-likeness (QED) is 0.622. The Morgan fingerprint density at radius 2 is 2.18 bits per heavy atom. The van der Waals surface area contributed by atoms with Gasteiger partial charge in [0, 0.05) is 0 Å². The van der Waals surface area contributed by atoms with Gasteiger partial charge in [-0.15, -0.1) is 0 Å². The predicted octanol–water partition coefficient (Wildman–Crippen LogP) is 3.09. The summed E-state index contributed by atoms with van der Waals surface area (Å²) in [5.41, 5.74) is 2.29. The van der Waals surface area contributed by atoms with Gasteiger partial charge < -0.3 is 0 Å². The minimum atomic E-state index is -0.154. The Kier molecular flexibility index (Phi) is 1.72. The van der Waals surface area contributed by atoms with Crippen LogP contribution in [0.4, 0.5) is 4.39 Å². The molecule has 57 valence electrons. The fraction of sp³-hybridized carbons (Fsp3) is 0.222. The van der Waals surface area contributed by atoms with E-state index in [0.29, 0.717) is 4.47 Å². The van der Waals surface area contributed by atoms with Crippen molar-refractivity contribution >= 4 is 15.9 Å². The van der Waals surface area contributed by atoms with Crippen LogP contribution in [0.2, 0.25) is 0 Å². The van der Waals surface area contributed by atoms with Crippen molar-refractivity contribution in [2.45, 2.75) is 12.8 Å². The molecule has 0 nitrogen and oxygen atoms in total. The molecule has 1 aromatic carbocycles. The Morgan fingerprint density at radius 1 is 1.36 bits per heavy atom. The molecule has 1 aromatic rings. The first kappa shape index (κ1) is 7.29. The number of hydrogen-bond acceptors (Lipinski definition) is 0. The number of fused-ring (bicyclic) bond motifs is 1. The third-order valence-corrected chi connectivity index (χ3v) is 2.85. The third kappa shape index (κ3) is 1.09. The lowest BCUT2D eigenvalue weighted by Gasteiger charge is -2.01. The summed E-state index contributed by atoms with van der Waals surface area (Å²) >= 11 is 3.24. The number of halogens is 2. The van der Waals surface area contributed by atoms with Gasteiger partial charge in [-0.25, -0.2) is 4.39 Å². The van der Waals surface area contributed by atoms with Gasteiger partial charge in [-0.05, 0) is 52.4 Å². The van der Waals surface area contributed by atoms with Crippen molar-refractivity contribution in [1.29, 1.82) is 0 Å². The molecule has 0 spiro atoms. The van der Waals surface area contributed by atoms with Crippen molar-refractivity contribution in [3.05, 3.63) is 40.0 Å². The van der Waals surface area contributed by atoms with E-state index in [1.165, 1.54) is 11.6 Å². The topological polar surface area (TPSA) is 0 Å². The van der Waals surface area contributed by atoms with E-state index in [-0.39, 0.29) is 5.82 Å². The molecule has 0 amide bonds. The van der Waals surface area contributed by atoms with E-state index in [9.17, 15) is 4.39 Å². The summed E-state index contributed by atoms with van der Waals surface area (Å²) < 4.78 is 13.6. The Hall–Kier alpha value is -0.370. The summed E-state index contributed by atoms with van der Waals surface area (Å²) in [6.07, 6.45) is 4.14. The fourth-order valence-corrected chi connectivity index (χ4v) is 1.98. The molecular formula is C9H7BrF. The van der Waals surface area contributed by atoms with Gasteiger partial charge in [-0.2, -0.15) is 0 Å². The highest BCUT2D eigenvalue weighted by Gasteiger charge is 2.15. The van der Waals surface area contributed by atoms with Gasteiger partial charge in [0.2, 0.25) is 0 Å². The fourth-order valence-electron chi connectivity index (χ4n) is 1.42. The van der Waals surface area contributed by atoms with Crippen LogP contribution in [0.25, 0.3) is 0 Å². The zero-order valence-electron chi connectivity index (χ0n) is 5.90. The second kappa shape index (κ2) is 2.59. The van der Waals surface area contributed by atoms with Gasteiger partial charge in [-0.1, -0.05) is 6.07 Å². The van der Waals surface area contributed by atoms with Crippen LogP contribution in [0.15, 0.2) is 16.6 Å². The summed E-state index contributed by atoms with van der Waals surface area (Å²) in [7, 11) is 0. The summed E-state index contributed by atoms with van der Waals surface area (Å²) in [4.78, 5) is 0. The molecule has 0 N–H and O–H groups in total. The van der Waals surface area contributed by atoms with Crippen LogP contribution in [0.5, 0.6) is 0 Å². The number of rotatable bonds is 0. The largest absolute Gasteiger partial charge is 0.206 e. The molecule has 0 aliphatic heterocycles. The van der Waals surface area contributed by atoms with Crippen molar-refractivity contribution in [3.8, 4) is 0 Å². The maximum absolute atomic E-state index is 12.9. The Labute approximate surface area is 73.6 Å². The van der Waals surface area contributed by atoms with E-state index < -0.39 is 0 Å². The highest BCUT2D eigenvalue weighted by Crippen LogP contribution is 2.31. The van der Waals surface area contributed by atoms with Crippen LogP contribution >= 0.6 is 15.9 Å². The molecule has 0 bridgehead atoms. The van der Waals surface area contributed by atoms with Crippen molar-refractivity contribution in [1.82, 2.24) is 0 Å². The zero-order valence-corrected chi connectivity index (χ0v) is 7.49. The van der Waals surface area contributed by atoms with Crippen LogP contribution in [0, 0.1) is 12.2 Å². The summed E-state index contributed by atoms with van der Waals surface area (Å²) in [6.45, 7) is 0. The molecule has 0 fully saturated rings. The molecule has 11 heavy (non-hydrogen) atoms. The average Bonchev–Trinajstić information content (AvgIpc) is 2.45. The second-order valence-corrected chi connectivity index (χ2v) is 3.46. The number of benzene rings is 1. The summed E-state index contributed by atoms with van der Waals surface area (Å²) in [6, 6.07) is 3.34. The lowest BCUT2D eigenvalue weighted by molar-refractivity contribution is 0.618. The summed E-state index contributed by atoms with van der Waals surface area (Å²) in [5.74, 6) is -0.154. The van der Waals surface area contributed by atoms with E-state index in [4.69, 9.17) is 0 Å². The molecule has 0 saturated carbocycles. The van der Waals surface area contributed by atoms with Crippen molar-refractivity contribution < 1.29 is 4.39 Å². The monoisotopic (exact) mass is 213 g/mol. The van der Waals surface area contributed by atoms with Gasteiger partial charge in [0.05, 0.1) is 4.47 Å². The van der Waals surface area contributed by atoms with Gasteiger partial charge in [0.25, 0.3) is 0 Å². The van der Waals surface area contributed by atoms with Crippen molar-refractivity contribution in [3.63, 3.8) is 0 Å². The van der Waals surface area contributed by atoms with E-state index >= 15 is 0 Å². The molecule has 0 atom stereocenters. The average molecular weight is 214 g/mol. The van der Waals surface area contributed by atoms with Gasteiger partial charge in [0.15, 0.2) is 0 Å². The third-order valence-electron chi connectivity index (χ3n) is 1.99. The first-order valence-corrected chi connectivity index (χ1v) is 4.38. The van der Waals surface area contributed by atoms with E-state index in [0.717, 1.165) is 18.4 Å². The minimum absolute atomic E-state index is 0.154. The van der Waals surface area contributed by atoms with E-state index in [1.54, 1.807) is 0 Å². The molecule has 1 radical (unpaired) electrons. The van der Waals surface area contributed by atoms with Crippen LogP contribution in [0.3, 0.4) is 0 Å². The Bertz CT molecular complexity index is 294. The molecule has 1 aliphatic carbocycles. The molecule has 0 unspecified atom stereocenters. The molecule has 2 rings (SSSR count). The minimum Gasteiger partial charge on any atom is -0.206 e. The molecular weight excluding hydrogens is 207 g/mol. The Morgan fingerprint density at radius 3 is 3.00 bits per heavy atom. The highest BCUT2D eigenvalue weighted by molar-refractivity contribution is 9.10. The first-order valence-electron chi connectivity index (χ1n) is 3.59. The predicted molar refractivity (Wildman–Crippen MR) is 45.8 cm³/mol. The molecule has 0 aromatic heterocycles. The van der Waals surface area contributed by atoms with Crippen LogP contribution in [-0.4, -0.2) is 0 Å². The first-order chi connectivity index (χ1) is 5.29. The zero-order chi connectivity index (χ0) is 7.84. The van der Waals surface area contributed by atoms with Crippen LogP contribution in [-0.2, 0) is 6.42 Å². The van der Waals surface area contributed by atoms with Crippen LogP contribution in [0.1, 0.15) is 17.5 Å². The molecule has 0 heterocycles. The Balaban J connectivity index is 2.62. The van der Waals surface area contributed by atoms with Crippen LogP contribution < -0.4 is 0 Å². The number of hydrogen-bond donors (Lipinski definition) is 0. The SMILES string of the molecule is Fc1ccc2c(c1Br)CC[CH]2. The highest BCUT2D eigenvalue weighted by atomic mass is 79.9.